The quantitative estimate of drug-likeness (QED) is 0.782. The van der Waals surface area contributed by atoms with Gasteiger partial charge in [-0.3, -0.25) is 4.79 Å². The second-order valence-electron chi connectivity index (χ2n) is 6.57. The molecule has 0 saturated carbocycles. The first-order valence-electron chi connectivity index (χ1n) is 8.69. The number of piperidine rings is 1. The van der Waals surface area contributed by atoms with Gasteiger partial charge in [0.25, 0.3) is 10.0 Å². The third-order valence-electron chi connectivity index (χ3n) is 4.72. The highest BCUT2D eigenvalue weighted by Crippen LogP contribution is 2.27. The Morgan fingerprint density at radius 3 is 2.46 bits per heavy atom. The molecule has 26 heavy (non-hydrogen) atoms. The molecule has 1 fully saturated rings. The van der Waals surface area contributed by atoms with Crippen LogP contribution in [0.15, 0.2) is 46.8 Å². The lowest BCUT2D eigenvalue weighted by Crippen LogP contribution is -2.52. The lowest BCUT2D eigenvalue weighted by atomic mass is 9.97. The number of rotatable bonds is 5. The number of carbonyl (C=O) groups is 1. The normalized spacial score (nSPS) is 20.8. The van der Waals surface area contributed by atoms with Gasteiger partial charge in [0.05, 0.1) is 4.90 Å². The van der Waals surface area contributed by atoms with Gasteiger partial charge in [0.1, 0.15) is 6.54 Å². The highest BCUT2D eigenvalue weighted by atomic mass is 32.2. The predicted octanol–water partition coefficient (Wildman–Crippen LogP) is 3.13. The topological polar surface area (TPSA) is 70.6 Å². The molecule has 1 aliphatic rings. The van der Waals surface area contributed by atoms with Crippen LogP contribution < -0.4 is 4.31 Å². The van der Waals surface area contributed by atoms with E-state index < -0.39 is 10.0 Å². The van der Waals surface area contributed by atoms with Gasteiger partial charge in [0.15, 0.2) is 5.13 Å². The van der Waals surface area contributed by atoms with Crippen LogP contribution in [0.3, 0.4) is 0 Å². The zero-order chi connectivity index (χ0) is 18.7. The first kappa shape index (κ1) is 18.8. The van der Waals surface area contributed by atoms with E-state index in [1.165, 1.54) is 23.5 Å². The van der Waals surface area contributed by atoms with Crippen LogP contribution in [-0.4, -0.2) is 42.8 Å². The Bertz CT molecular complexity index is 828. The van der Waals surface area contributed by atoms with Crippen LogP contribution >= 0.6 is 11.3 Å². The van der Waals surface area contributed by atoms with Gasteiger partial charge in [-0.15, -0.1) is 11.3 Å². The van der Waals surface area contributed by atoms with Crippen molar-refractivity contribution in [2.24, 2.45) is 0 Å². The van der Waals surface area contributed by atoms with E-state index in [2.05, 4.69) is 4.98 Å². The standard InChI is InChI=1S/C18H23N3O3S2/c1-14-7-6-8-15(2)21(14)17(22)13-20(18-19-11-12-25-18)26(23,24)16-9-4-3-5-10-16/h3-5,9-12,14-15H,6-8,13H2,1-2H3. The molecule has 0 radical (unpaired) electrons. The minimum atomic E-state index is -3.86. The van der Waals surface area contributed by atoms with Gasteiger partial charge < -0.3 is 4.90 Å². The molecule has 1 saturated heterocycles. The predicted molar refractivity (Wildman–Crippen MR) is 103 cm³/mol. The lowest BCUT2D eigenvalue weighted by Gasteiger charge is -2.40. The minimum absolute atomic E-state index is 0.115. The molecule has 0 bridgehead atoms. The van der Waals surface area contributed by atoms with E-state index in [1.807, 2.05) is 18.7 Å². The number of anilines is 1. The SMILES string of the molecule is CC1CCCC(C)N1C(=O)CN(c1nccs1)S(=O)(=O)c1ccccc1. The maximum Gasteiger partial charge on any atom is 0.266 e. The van der Waals surface area contributed by atoms with Crippen molar-refractivity contribution >= 4 is 32.4 Å². The van der Waals surface area contributed by atoms with Gasteiger partial charge in [-0.25, -0.2) is 17.7 Å². The summed E-state index contributed by atoms with van der Waals surface area (Å²) in [4.78, 5) is 19.1. The maximum atomic E-state index is 13.1. The van der Waals surface area contributed by atoms with E-state index in [0.717, 1.165) is 23.6 Å². The highest BCUT2D eigenvalue weighted by molar-refractivity contribution is 7.93. The number of hydrogen-bond donors (Lipinski definition) is 0. The van der Waals surface area contributed by atoms with Crippen LogP contribution in [0.2, 0.25) is 0 Å². The molecule has 140 valence electrons. The highest BCUT2D eigenvalue weighted by Gasteiger charge is 2.34. The van der Waals surface area contributed by atoms with Gasteiger partial charge >= 0.3 is 0 Å². The molecular weight excluding hydrogens is 370 g/mol. The molecule has 1 aromatic carbocycles. The second-order valence-corrected chi connectivity index (χ2v) is 9.30. The van der Waals surface area contributed by atoms with Crippen molar-refractivity contribution in [3.8, 4) is 0 Å². The molecule has 1 aliphatic heterocycles. The van der Waals surface area contributed by atoms with Crippen molar-refractivity contribution in [2.75, 3.05) is 10.8 Å². The summed E-state index contributed by atoms with van der Waals surface area (Å²) in [6.07, 6.45) is 4.52. The number of sulfonamides is 1. The number of benzene rings is 1. The summed E-state index contributed by atoms with van der Waals surface area (Å²) in [6, 6.07) is 8.40. The molecule has 1 aromatic heterocycles. The average Bonchev–Trinajstić information content (AvgIpc) is 3.14. The van der Waals surface area contributed by atoms with E-state index >= 15 is 0 Å². The fraction of sp³-hybridized carbons (Fsp3) is 0.444. The van der Waals surface area contributed by atoms with Gasteiger partial charge in [-0.1, -0.05) is 18.2 Å². The van der Waals surface area contributed by atoms with Gasteiger partial charge in [-0.2, -0.15) is 0 Å². The second kappa shape index (κ2) is 7.75. The summed E-state index contributed by atoms with van der Waals surface area (Å²) in [5.74, 6) is -0.181. The summed E-state index contributed by atoms with van der Waals surface area (Å²) >= 11 is 1.21. The molecular formula is C18H23N3O3S2. The Hall–Kier alpha value is -1.93. The van der Waals surface area contributed by atoms with Crippen molar-refractivity contribution in [1.29, 1.82) is 0 Å². The lowest BCUT2D eigenvalue weighted by molar-refractivity contribution is -0.135. The van der Waals surface area contributed by atoms with Gasteiger partial charge in [-0.05, 0) is 45.2 Å². The zero-order valence-corrected chi connectivity index (χ0v) is 16.5. The number of aromatic nitrogens is 1. The number of hydrogen-bond acceptors (Lipinski definition) is 5. The van der Waals surface area contributed by atoms with Gasteiger partial charge in [0, 0.05) is 23.7 Å². The molecule has 2 aromatic rings. The molecule has 0 aliphatic carbocycles. The smallest absolute Gasteiger partial charge is 0.266 e. The first-order chi connectivity index (χ1) is 12.4. The van der Waals surface area contributed by atoms with Crippen LogP contribution in [-0.2, 0) is 14.8 Å². The van der Waals surface area contributed by atoms with Gasteiger partial charge in [0.2, 0.25) is 5.91 Å². The third-order valence-corrected chi connectivity index (χ3v) is 7.38. The fourth-order valence-electron chi connectivity index (χ4n) is 3.43. The van der Waals surface area contributed by atoms with Crippen molar-refractivity contribution in [1.82, 2.24) is 9.88 Å². The summed E-state index contributed by atoms with van der Waals surface area (Å²) in [6.45, 7) is 3.80. The number of nitrogens with zero attached hydrogens (tertiary/aromatic N) is 3. The summed E-state index contributed by atoms with van der Waals surface area (Å²) < 4.78 is 27.4. The Balaban J connectivity index is 1.92. The Labute approximate surface area is 158 Å². The van der Waals surface area contributed by atoms with Crippen LogP contribution in [0.1, 0.15) is 33.1 Å². The molecule has 3 rings (SSSR count). The maximum absolute atomic E-state index is 13.1. The van der Waals surface area contributed by atoms with Crippen LogP contribution in [0.4, 0.5) is 5.13 Å². The van der Waals surface area contributed by atoms with Crippen molar-refractivity contribution in [3.05, 3.63) is 41.9 Å². The van der Waals surface area contributed by atoms with Crippen molar-refractivity contribution in [3.63, 3.8) is 0 Å². The fourth-order valence-corrected chi connectivity index (χ4v) is 5.69. The Morgan fingerprint density at radius 1 is 1.23 bits per heavy atom. The average molecular weight is 394 g/mol. The van der Waals surface area contributed by atoms with E-state index in [0.29, 0.717) is 5.13 Å². The third kappa shape index (κ3) is 3.76. The number of likely N-dealkylation sites (tertiary alicyclic amines) is 1. The molecule has 6 nitrogen and oxygen atoms in total. The summed E-state index contributed by atoms with van der Waals surface area (Å²) in [5, 5.41) is 2.01. The van der Waals surface area contributed by atoms with E-state index in [9.17, 15) is 13.2 Å². The number of thiazole rings is 1. The zero-order valence-electron chi connectivity index (χ0n) is 14.9. The minimum Gasteiger partial charge on any atom is -0.336 e. The van der Waals surface area contributed by atoms with E-state index in [1.54, 1.807) is 29.8 Å². The molecule has 0 spiro atoms. The van der Waals surface area contributed by atoms with Crippen LogP contribution in [0.5, 0.6) is 0 Å². The molecule has 1 amide bonds. The first-order valence-corrected chi connectivity index (χ1v) is 11.0. The molecule has 8 heteroatoms. The van der Waals surface area contributed by atoms with E-state index in [4.69, 9.17) is 0 Å². The number of amides is 1. The summed E-state index contributed by atoms with van der Waals surface area (Å²) in [5.41, 5.74) is 0. The summed E-state index contributed by atoms with van der Waals surface area (Å²) in [7, 11) is -3.86. The molecule has 2 unspecified atom stereocenters. The number of carbonyl (C=O) groups excluding carboxylic acids is 1. The van der Waals surface area contributed by atoms with Crippen LogP contribution in [0, 0.1) is 0 Å². The van der Waals surface area contributed by atoms with Crippen LogP contribution in [0.25, 0.3) is 0 Å². The molecule has 0 N–H and O–H groups in total. The molecule has 2 heterocycles. The molecule has 2 atom stereocenters. The largest absolute Gasteiger partial charge is 0.336 e. The monoisotopic (exact) mass is 393 g/mol. The Morgan fingerprint density at radius 2 is 1.88 bits per heavy atom. The van der Waals surface area contributed by atoms with Crippen molar-refractivity contribution < 1.29 is 13.2 Å². The van der Waals surface area contributed by atoms with E-state index in [-0.39, 0.29) is 29.4 Å². The Kier molecular flexibility index (Phi) is 5.62. The van der Waals surface area contributed by atoms with Crippen molar-refractivity contribution in [2.45, 2.75) is 50.1 Å².